The zero-order valence-electron chi connectivity index (χ0n) is 12.7. The van der Waals surface area contributed by atoms with Gasteiger partial charge in [0, 0.05) is 44.8 Å². The molecule has 1 saturated heterocycles. The summed E-state index contributed by atoms with van der Waals surface area (Å²) >= 11 is 0. The predicted octanol–water partition coefficient (Wildman–Crippen LogP) is 0.765. The highest BCUT2D eigenvalue weighted by Crippen LogP contribution is 2.31. The Morgan fingerprint density at radius 1 is 1.26 bits per heavy atom. The Morgan fingerprint density at radius 2 is 2.00 bits per heavy atom. The molecule has 2 atom stereocenters. The van der Waals surface area contributed by atoms with Crippen molar-refractivity contribution < 1.29 is 5.11 Å². The lowest BCUT2D eigenvalue weighted by Crippen LogP contribution is -2.54. The van der Waals surface area contributed by atoms with Crippen LogP contribution in [-0.2, 0) is 0 Å². The molecule has 1 aliphatic carbocycles. The van der Waals surface area contributed by atoms with Crippen molar-refractivity contribution in [3.63, 3.8) is 0 Å². The molecule has 1 saturated carbocycles. The third kappa shape index (κ3) is 4.42. The van der Waals surface area contributed by atoms with Gasteiger partial charge in [0.2, 0.25) is 0 Å². The van der Waals surface area contributed by atoms with Crippen molar-refractivity contribution in [1.82, 2.24) is 15.1 Å². The minimum absolute atomic E-state index is 0.00421. The first-order chi connectivity index (χ1) is 9.13. The Labute approximate surface area is 118 Å². The van der Waals surface area contributed by atoms with Crippen LogP contribution in [-0.4, -0.2) is 73.4 Å². The average molecular weight is 269 g/mol. The highest BCUT2D eigenvalue weighted by Gasteiger charge is 2.33. The summed E-state index contributed by atoms with van der Waals surface area (Å²) in [6, 6.07) is 0. The maximum absolute atomic E-state index is 9.75. The molecule has 0 amide bonds. The van der Waals surface area contributed by atoms with Crippen molar-refractivity contribution in [3.8, 4) is 0 Å². The molecule has 1 heterocycles. The van der Waals surface area contributed by atoms with Gasteiger partial charge in [0.25, 0.3) is 0 Å². The van der Waals surface area contributed by atoms with E-state index in [2.05, 4.69) is 29.1 Å². The van der Waals surface area contributed by atoms with Crippen molar-refractivity contribution >= 4 is 0 Å². The van der Waals surface area contributed by atoms with Crippen molar-refractivity contribution in [3.05, 3.63) is 0 Å². The van der Waals surface area contributed by atoms with Gasteiger partial charge in [-0.25, -0.2) is 0 Å². The molecule has 0 radical (unpaired) electrons. The van der Waals surface area contributed by atoms with Crippen LogP contribution in [0.15, 0.2) is 0 Å². The maximum atomic E-state index is 9.75. The van der Waals surface area contributed by atoms with Crippen molar-refractivity contribution in [2.45, 2.75) is 38.1 Å². The van der Waals surface area contributed by atoms with Crippen LogP contribution in [0.25, 0.3) is 0 Å². The normalized spacial score (nSPS) is 34.6. The van der Waals surface area contributed by atoms with Crippen LogP contribution in [0, 0.1) is 5.92 Å². The predicted molar refractivity (Wildman–Crippen MR) is 79.4 cm³/mol. The lowest BCUT2D eigenvalue weighted by Gasteiger charge is -2.40. The first-order valence-electron chi connectivity index (χ1n) is 7.90. The molecule has 19 heavy (non-hydrogen) atoms. The van der Waals surface area contributed by atoms with Crippen LogP contribution in [0.2, 0.25) is 0 Å². The molecule has 4 heteroatoms. The number of piperazine rings is 1. The molecular formula is C15H31N3O. The fraction of sp³-hybridized carbons (Fsp3) is 1.00. The van der Waals surface area contributed by atoms with Gasteiger partial charge in [-0.3, -0.25) is 4.90 Å². The molecule has 0 aromatic rings. The Morgan fingerprint density at radius 3 is 2.63 bits per heavy atom. The summed E-state index contributed by atoms with van der Waals surface area (Å²) < 4.78 is 0. The monoisotopic (exact) mass is 269 g/mol. The van der Waals surface area contributed by atoms with Gasteiger partial charge < -0.3 is 15.3 Å². The van der Waals surface area contributed by atoms with E-state index in [0.717, 1.165) is 31.8 Å². The minimum Gasteiger partial charge on any atom is -0.394 e. The van der Waals surface area contributed by atoms with Crippen LogP contribution in [0.1, 0.15) is 32.6 Å². The van der Waals surface area contributed by atoms with Crippen LogP contribution in [0.4, 0.5) is 0 Å². The van der Waals surface area contributed by atoms with Gasteiger partial charge in [-0.05, 0) is 25.8 Å². The number of aliphatic hydroxyl groups is 1. The summed E-state index contributed by atoms with van der Waals surface area (Å²) in [5.41, 5.74) is 0.00421. The fourth-order valence-corrected chi connectivity index (χ4v) is 3.57. The molecular weight excluding hydrogens is 238 g/mol. The second kappa shape index (κ2) is 7.02. The van der Waals surface area contributed by atoms with Gasteiger partial charge in [0.15, 0.2) is 0 Å². The van der Waals surface area contributed by atoms with Gasteiger partial charge in [-0.2, -0.15) is 0 Å². The van der Waals surface area contributed by atoms with Gasteiger partial charge in [-0.1, -0.05) is 19.8 Å². The smallest absolute Gasteiger partial charge is 0.0613 e. The standard InChI is InChI=1S/C15H31N3O/c1-14-4-3-5-15(12-14,13-19)16-6-7-18-10-8-17(2)9-11-18/h14,16,19H,3-13H2,1-2H3. The van der Waals surface area contributed by atoms with Crippen molar-refractivity contribution in [2.75, 3.05) is 52.9 Å². The summed E-state index contributed by atoms with van der Waals surface area (Å²) in [6.45, 7) is 9.46. The zero-order valence-corrected chi connectivity index (χ0v) is 12.7. The summed E-state index contributed by atoms with van der Waals surface area (Å²) in [7, 11) is 2.19. The first kappa shape index (κ1) is 15.2. The second-order valence-electron chi connectivity index (χ2n) is 6.71. The third-order valence-electron chi connectivity index (χ3n) is 4.92. The van der Waals surface area contributed by atoms with E-state index in [1.54, 1.807) is 0 Å². The first-order valence-corrected chi connectivity index (χ1v) is 7.90. The molecule has 2 N–H and O–H groups in total. The number of rotatable bonds is 5. The van der Waals surface area contributed by atoms with E-state index in [9.17, 15) is 5.11 Å². The summed E-state index contributed by atoms with van der Waals surface area (Å²) in [4.78, 5) is 4.92. The Balaban J connectivity index is 1.71. The number of hydrogen-bond acceptors (Lipinski definition) is 4. The lowest BCUT2D eigenvalue weighted by molar-refractivity contribution is 0.0916. The van der Waals surface area contributed by atoms with E-state index in [4.69, 9.17) is 0 Å². The van der Waals surface area contributed by atoms with Gasteiger partial charge in [0.05, 0.1) is 6.61 Å². The topological polar surface area (TPSA) is 38.7 Å². The van der Waals surface area contributed by atoms with E-state index in [-0.39, 0.29) is 5.54 Å². The highest BCUT2D eigenvalue weighted by atomic mass is 16.3. The van der Waals surface area contributed by atoms with E-state index in [1.165, 1.54) is 39.0 Å². The average Bonchev–Trinajstić information content (AvgIpc) is 2.41. The summed E-state index contributed by atoms with van der Waals surface area (Å²) in [6.07, 6.45) is 4.84. The summed E-state index contributed by atoms with van der Waals surface area (Å²) in [5, 5.41) is 13.4. The molecule has 0 bridgehead atoms. The number of hydrogen-bond donors (Lipinski definition) is 2. The molecule has 112 valence electrons. The molecule has 0 aromatic carbocycles. The van der Waals surface area contributed by atoms with Gasteiger partial charge in [-0.15, -0.1) is 0 Å². The van der Waals surface area contributed by atoms with E-state index in [1.807, 2.05) is 0 Å². The number of likely N-dealkylation sites (N-methyl/N-ethyl adjacent to an activating group) is 1. The van der Waals surface area contributed by atoms with Gasteiger partial charge >= 0.3 is 0 Å². The Kier molecular flexibility index (Phi) is 5.63. The highest BCUT2D eigenvalue weighted by molar-refractivity contribution is 4.92. The van der Waals surface area contributed by atoms with E-state index >= 15 is 0 Å². The molecule has 0 aromatic heterocycles. The number of nitrogens with zero attached hydrogens (tertiary/aromatic N) is 2. The lowest BCUT2D eigenvalue weighted by atomic mass is 9.77. The number of nitrogens with one attached hydrogen (secondary N) is 1. The van der Waals surface area contributed by atoms with E-state index in [0.29, 0.717) is 6.61 Å². The fourth-order valence-electron chi connectivity index (χ4n) is 3.57. The maximum Gasteiger partial charge on any atom is 0.0613 e. The molecule has 2 rings (SSSR count). The molecule has 2 aliphatic rings. The van der Waals surface area contributed by atoms with E-state index < -0.39 is 0 Å². The van der Waals surface area contributed by atoms with Crippen LogP contribution < -0.4 is 5.32 Å². The quantitative estimate of drug-likeness (QED) is 0.773. The van der Waals surface area contributed by atoms with Crippen LogP contribution in [0.3, 0.4) is 0 Å². The van der Waals surface area contributed by atoms with Crippen molar-refractivity contribution in [2.24, 2.45) is 5.92 Å². The molecule has 0 spiro atoms. The molecule has 2 fully saturated rings. The molecule has 2 unspecified atom stereocenters. The largest absolute Gasteiger partial charge is 0.394 e. The van der Waals surface area contributed by atoms with Crippen molar-refractivity contribution in [1.29, 1.82) is 0 Å². The molecule has 1 aliphatic heterocycles. The Hall–Kier alpha value is -0.160. The van der Waals surface area contributed by atoms with Crippen LogP contribution in [0.5, 0.6) is 0 Å². The molecule has 4 nitrogen and oxygen atoms in total. The Bertz CT molecular complexity index is 266. The van der Waals surface area contributed by atoms with Gasteiger partial charge in [0.1, 0.15) is 0 Å². The SMILES string of the molecule is CC1CCCC(CO)(NCCN2CCN(C)CC2)C1. The minimum atomic E-state index is 0.00421. The van der Waals surface area contributed by atoms with Crippen LogP contribution >= 0.6 is 0 Å². The zero-order chi connectivity index (χ0) is 13.7. The number of aliphatic hydroxyl groups excluding tert-OH is 1. The third-order valence-corrected chi connectivity index (χ3v) is 4.92. The summed E-state index contributed by atoms with van der Waals surface area (Å²) in [5.74, 6) is 0.747. The second-order valence-corrected chi connectivity index (χ2v) is 6.71.